The summed E-state index contributed by atoms with van der Waals surface area (Å²) >= 11 is 0. The maximum atomic E-state index is 9.94. The van der Waals surface area contributed by atoms with Crippen molar-refractivity contribution < 1.29 is 14.9 Å². The molecule has 0 radical (unpaired) electrons. The molecule has 0 saturated heterocycles. The zero-order valence-corrected chi connectivity index (χ0v) is 12.7. The summed E-state index contributed by atoms with van der Waals surface area (Å²) in [6.07, 6.45) is 0.883. The zero-order chi connectivity index (χ0) is 15.7. The monoisotopic (exact) mass is 292 g/mol. The van der Waals surface area contributed by atoms with Gasteiger partial charge in [0.1, 0.15) is 18.5 Å². The molecular formula is C16H24N2O3. The first kappa shape index (κ1) is 17.4. The van der Waals surface area contributed by atoms with Crippen molar-refractivity contribution in [2.45, 2.75) is 38.3 Å². The van der Waals surface area contributed by atoms with E-state index in [-0.39, 0.29) is 18.8 Å². The van der Waals surface area contributed by atoms with Crippen LogP contribution in [0.3, 0.4) is 0 Å². The highest BCUT2D eigenvalue weighted by Crippen LogP contribution is 2.14. The standard InChI is InChI=1S/C16H24N2O3/c1-3-16(2,8-9-19)18-11-14(20)12-21-15-6-4-13(10-17)5-7-15/h4-7,14,18-20H,3,8-9,11-12H2,1-2H3. The number of β-amino-alcohol motifs (C(OH)–C–C–N with tert-alkyl or cyclic N) is 1. The second-order valence-corrected chi connectivity index (χ2v) is 5.37. The van der Waals surface area contributed by atoms with Gasteiger partial charge < -0.3 is 20.3 Å². The van der Waals surface area contributed by atoms with Crippen LogP contribution >= 0.6 is 0 Å². The highest BCUT2D eigenvalue weighted by Gasteiger charge is 2.21. The van der Waals surface area contributed by atoms with Crippen LogP contribution in [0.4, 0.5) is 0 Å². The number of aliphatic hydroxyl groups is 2. The molecule has 0 spiro atoms. The van der Waals surface area contributed by atoms with E-state index in [4.69, 9.17) is 15.1 Å². The van der Waals surface area contributed by atoms with Crippen LogP contribution in [0.25, 0.3) is 0 Å². The van der Waals surface area contributed by atoms with Gasteiger partial charge in [0.05, 0.1) is 11.6 Å². The van der Waals surface area contributed by atoms with Crippen LogP contribution in [-0.4, -0.2) is 41.6 Å². The van der Waals surface area contributed by atoms with E-state index >= 15 is 0 Å². The van der Waals surface area contributed by atoms with Gasteiger partial charge in [-0.1, -0.05) is 6.92 Å². The normalized spacial score (nSPS) is 15.0. The van der Waals surface area contributed by atoms with Crippen molar-refractivity contribution in [2.24, 2.45) is 0 Å². The summed E-state index contributed by atoms with van der Waals surface area (Å²) in [7, 11) is 0. The third-order valence-corrected chi connectivity index (χ3v) is 3.63. The Balaban J connectivity index is 2.36. The molecule has 1 aromatic carbocycles. The summed E-state index contributed by atoms with van der Waals surface area (Å²) in [4.78, 5) is 0. The van der Waals surface area contributed by atoms with E-state index in [9.17, 15) is 5.11 Å². The third-order valence-electron chi connectivity index (χ3n) is 3.63. The van der Waals surface area contributed by atoms with Gasteiger partial charge in [-0.2, -0.15) is 5.26 Å². The Bertz CT molecular complexity index is 456. The van der Waals surface area contributed by atoms with E-state index in [0.29, 0.717) is 24.3 Å². The number of hydrogen-bond acceptors (Lipinski definition) is 5. The molecule has 0 saturated carbocycles. The molecule has 3 N–H and O–H groups in total. The number of nitrogens with zero attached hydrogens (tertiary/aromatic N) is 1. The van der Waals surface area contributed by atoms with Crippen molar-refractivity contribution in [3.63, 3.8) is 0 Å². The van der Waals surface area contributed by atoms with Gasteiger partial charge in [0.2, 0.25) is 0 Å². The fourth-order valence-electron chi connectivity index (χ4n) is 1.88. The van der Waals surface area contributed by atoms with E-state index in [2.05, 4.69) is 5.32 Å². The quantitative estimate of drug-likeness (QED) is 0.641. The third kappa shape index (κ3) is 6.13. The van der Waals surface area contributed by atoms with Crippen LogP contribution in [0.15, 0.2) is 24.3 Å². The summed E-state index contributed by atoms with van der Waals surface area (Å²) in [5, 5.41) is 30.9. The smallest absolute Gasteiger partial charge is 0.119 e. The zero-order valence-electron chi connectivity index (χ0n) is 12.7. The number of benzene rings is 1. The lowest BCUT2D eigenvalue weighted by atomic mass is 9.95. The molecule has 0 aliphatic carbocycles. The number of rotatable bonds is 9. The molecule has 0 amide bonds. The number of nitriles is 1. The second kappa shape index (κ2) is 8.63. The van der Waals surface area contributed by atoms with Crippen LogP contribution in [0.1, 0.15) is 32.3 Å². The van der Waals surface area contributed by atoms with E-state index in [1.807, 2.05) is 19.9 Å². The van der Waals surface area contributed by atoms with Gasteiger partial charge in [0.25, 0.3) is 0 Å². The topological polar surface area (TPSA) is 85.5 Å². The van der Waals surface area contributed by atoms with Gasteiger partial charge in [-0.05, 0) is 44.0 Å². The Kier molecular flexibility index (Phi) is 7.17. The Hall–Kier alpha value is -1.61. The van der Waals surface area contributed by atoms with E-state index < -0.39 is 6.10 Å². The highest BCUT2D eigenvalue weighted by atomic mass is 16.5. The van der Waals surface area contributed by atoms with Gasteiger partial charge in [0, 0.05) is 18.7 Å². The Morgan fingerprint density at radius 2 is 2.05 bits per heavy atom. The molecule has 2 unspecified atom stereocenters. The van der Waals surface area contributed by atoms with Gasteiger partial charge in [-0.25, -0.2) is 0 Å². The Labute approximate surface area is 126 Å². The number of nitrogens with one attached hydrogen (secondary N) is 1. The molecule has 0 heterocycles. The van der Waals surface area contributed by atoms with Crippen molar-refractivity contribution in [2.75, 3.05) is 19.8 Å². The first-order valence-electron chi connectivity index (χ1n) is 7.20. The molecule has 5 nitrogen and oxygen atoms in total. The maximum absolute atomic E-state index is 9.94. The largest absolute Gasteiger partial charge is 0.491 e. The molecule has 1 rings (SSSR count). The predicted octanol–water partition coefficient (Wildman–Crippen LogP) is 1.44. The average Bonchev–Trinajstić information content (AvgIpc) is 2.51. The summed E-state index contributed by atoms with van der Waals surface area (Å²) in [5.41, 5.74) is 0.400. The molecule has 0 fully saturated rings. The molecule has 0 aliphatic heterocycles. The van der Waals surface area contributed by atoms with E-state index in [1.54, 1.807) is 24.3 Å². The molecule has 21 heavy (non-hydrogen) atoms. The van der Waals surface area contributed by atoms with Crippen LogP contribution < -0.4 is 10.1 Å². The van der Waals surface area contributed by atoms with Gasteiger partial charge in [0.15, 0.2) is 0 Å². The molecule has 116 valence electrons. The maximum Gasteiger partial charge on any atom is 0.119 e. The predicted molar refractivity (Wildman–Crippen MR) is 81.1 cm³/mol. The molecule has 0 aromatic heterocycles. The molecule has 5 heteroatoms. The Morgan fingerprint density at radius 1 is 1.38 bits per heavy atom. The molecule has 2 atom stereocenters. The molecule has 0 aliphatic rings. The first-order valence-corrected chi connectivity index (χ1v) is 7.20. The number of aliphatic hydroxyl groups excluding tert-OH is 2. The summed E-state index contributed by atoms with van der Waals surface area (Å²) in [6.45, 7) is 4.77. The van der Waals surface area contributed by atoms with Crippen molar-refractivity contribution in [1.29, 1.82) is 5.26 Å². The van der Waals surface area contributed by atoms with Crippen molar-refractivity contribution >= 4 is 0 Å². The van der Waals surface area contributed by atoms with Gasteiger partial charge >= 0.3 is 0 Å². The van der Waals surface area contributed by atoms with Crippen LogP contribution in [0.2, 0.25) is 0 Å². The molecule has 1 aromatic rings. The average molecular weight is 292 g/mol. The van der Waals surface area contributed by atoms with Crippen molar-refractivity contribution in [3.05, 3.63) is 29.8 Å². The van der Waals surface area contributed by atoms with Gasteiger partial charge in [-0.15, -0.1) is 0 Å². The van der Waals surface area contributed by atoms with Crippen molar-refractivity contribution in [1.82, 2.24) is 5.32 Å². The van der Waals surface area contributed by atoms with Crippen LogP contribution in [0.5, 0.6) is 5.75 Å². The highest BCUT2D eigenvalue weighted by molar-refractivity contribution is 5.34. The lowest BCUT2D eigenvalue weighted by Crippen LogP contribution is -2.47. The van der Waals surface area contributed by atoms with E-state index in [1.165, 1.54) is 0 Å². The SMILES string of the molecule is CCC(C)(CCO)NCC(O)COc1ccc(C#N)cc1. The fraction of sp³-hybridized carbons (Fsp3) is 0.562. The van der Waals surface area contributed by atoms with E-state index in [0.717, 1.165) is 6.42 Å². The lowest BCUT2D eigenvalue weighted by molar-refractivity contribution is 0.0934. The lowest BCUT2D eigenvalue weighted by Gasteiger charge is -2.30. The number of ether oxygens (including phenoxy) is 1. The summed E-state index contributed by atoms with van der Waals surface area (Å²) in [5.74, 6) is 0.627. The first-order chi connectivity index (χ1) is 10.0. The molecule has 0 bridgehead atoms. The molecular weight excluding hydrogens is 268 g/mol. The van der Waals surface area contributed by atoms with Gasteiger partial charge in [-0.3, -0.25) is 0 Å². The van der Waals surface area contributed by atoms with Crippen LogP contribution in [0, 0.1) is 11.3 Å². The van der Waals surface area contributed by atoms with Crippen molar-refractivity contribution in [3.8, 4) is 11.8 Å². The summed E-state index contributed by atoms with van der Waals surface area (Å²) < 4.78 is 5.48. The summed E-state index contributed by atoms with van der Waals surface area (Å²) in [6, 6.07) is 8.81. The van der Waals surface area contributed by atoms with Crippen LogP contribution in [-0.2, 0) is 0 Å². The number of hydrogen-bond donors (Lipinski definition) is 3. The minimum Gasteiger partial charge on any atom is -0.491 e. The second-order valence-electron chi connectivity index (χ2n) is 5.37. The minimum absolute atomic E-state index is 0.120. The minimum atomic E-state index is -0.634. The Morgan fingerprint density at radius 3 is 2.57 bits per heavy atom. The fourth-order valence-corrected chi connectivity index (χ4v) is 1.88.